The second-order valence-corrected chi connectivity index (χ2v) is 31.4. The molecule has 0 aliphatic carbocycles. The molecule has 26 heteroatoms. The van der Waals surface area contributed by atoms with E-state index in [4.69, 9.17) is 39.9 Å². The number of aryl methyl sites for hydroxylation is 2. The standard InChI is InChI=1S/C20H18N2O.C19H15FN2O2.C18H12Cl2N2O.C18H13ClN2O.C18H12F2N2O.C18H13FN2O/c1-14-8-9-17(12-15(14)2)19-13-18(21-22-19)10-11-20(23)16-6-4-3-5-7-16;20-17-10-13(12-23)6-8-16(17)18-11-15(21-22-18)7-9-19(24)14-4-2-1-3-5-14;19-15-8-6-13(10-16(15)20)17-11-14(21-22-17)7-9-18(23)12-4-2-1-3-5-12;19-15-8-6-13(7-9-15)17-12-16(20-21-17)10-11-18(22)14-4-2-1-3-5-14;19-15-8-6-13(10-16(15)20)17-11-14(21-22-17)7-9-18(23)12-4-2-1-3-5-12;19-15-8-6-13(7-9-15)17-12-16(20-21-17)10-11-18(22)14-4-2-1-3-5-14/h3-13H,1-2H3,(H,21,22);1-11,23H,12H2,(H,21,22);1-11H,(H,21,22);1-12H,(H,20,21);1-11H,(H,21,22);1-12H,(H,20,21)/b11-10+;2*9-7+;11-10+;9-7+;11-10+. The van der Waals surface area contributed by atoms with Crippen LogP contribution in [0, 0.1) is 37.1 Å². The van der Waals surface area contributed by atoms with Gasteiger partial charge in [-0.1, -0.05) is 253 Å². The zero-order valence-electron chi connectivity index (χ0n) is 73.2. The number of aromatic amines is 6. The van der Waals surface area contributed by atoms with Crippen molar-refractivity contribution in [2.24, 2.45) is 0 Å². The lowest BCUT2D eigenvalue weighted by Gasteiger charge is -2.01. The highest BCUT2D eigenvalue weighted by atomic mass is 35.5. The van der Waals surface area contributed by atoms with Crippen molar-refractivity contribution in [2.75, 3.05) is 0 Å². The molecule has 0 fully saturated rings. The van der Waals surface area contributed by atoms with E-state index in [0.717, 1.165) is 68.6 Å². The van der Waals surface area contributed by atoms with E-state index in [-0.39, 0.29) is 47.1 Å². The molecule has 137 heavy (non-hydrogen) atoms. The van der Waals surface area contributed by atoms with Crippen LogP contribution < -0.4 is 0 Å². The highest BCUT2D eigenvalue weighted by Gasteiger charge is 2.15. The summed E-state index contributed by atoms with van der Waals surface area (Å²) >= 11 is 17.8. The molecule has 7 N–H and O–H groups in total. The molecule has 0 saturated heterocycles. The Labute approximate surface area is 800 Å². The summed E-state index contributed by atoms with van der Waals surface area (Å²) in [5.41, 5.74) is 19.5. The summed E-state index contributed by atoms with van der Waals surface area (Å²) in [6.45, 7) is 3.96. The van der Waals surface area contributed by atoms with Crippen LogP contribution in [0.4, 0.5) is 17.6 Å². The van der Waals surface area contributed by atoms with E-state index in [0.29, 0.717) is 99.3 Å². The number of carbonyl (C=O) groups excluding carboxylic acids is 6. The molecule has 0 unspecified atom stereocenters. The van der Waals surface area contributed by atoms with Gasteiger partial charge in [-0.3, -0.25) is 59.4 Å². The maximum atomic E-state index is 14.0. The van der Waals surface area contributed by atoms with Crippen molar-refractivity contribution in [1.29, 1.82) is 0 Å². The summed E-state index contributed by atoms with van der Waals surface area (Å²) in [5.74, 6) is -3.01. The number of nitrogens with one attached hydrogen (secondary N) is 6. The van der Waals surface area contributed by atoms with Gasteiger partial charge >= 0.3 is 0 Å². The fourth-order valence-electron chi connectivity index (χ4n) is 12.9. The molecule has 0 spiro atoms. The van der Waals surface area contributed by atoms with Crippen molar-refractivity contribution in [3.05, 3.63) is 499 Å². The molecule has 19 nitrogen and oxygen atoms in total. The van der Waals surface area contributed by atoms with Gasteiger partial charge in [0.1, 0.15) is 11.6 Å². The molecule has 18 aromatic rings. The van der Waals surface area contributed by atoms with Gasteiger partial charge in [-0.25, -0.2) is 17.6 Å². The number of carbonyl (C=O) groups is 6. The van der Waals surface area contributed by atoms with E-state index in [1.165, 1.54) is 65.8 Å². The minimum absolute atomic E-state index is 0.0204. The number of halogens is 7. The first-order chi connectivity index (χ1) is 66.5. The maximum Gasteiger partial charge on any atom is 0.185 e. The second kappa shape index (κ2) is 48.9. The molecule has 18 rings (SSSR count). The topological polar surface area (TPSA) is 295 Å². The molecular weight excluding hydrogens is 1800 g/mol. The first-order valence-electron chi connectivity index (χ1n) is 42.4. The van der Waals surface area contributed by atoms with E-state index >= 15 is 0 Å². The average molecular weight is 1880 g/mol. The van der Waals surface area contributed by atoms with Crippen LogP contribution in [0.25, 0.3) is 104 Å². The fourth-order valence-corrected chi connectivity index (χ4v) is 13.3. The number of hydrogen-bond donors (Lipinski definition) is 7. The van der Waals surface area contributed by atoms with Crippen molar-refractivity contribution in [3.63, 3.8) is 0 Å². The van der Waals surface area contributed by atoms with Crippen LogP contribution in [0.5, 0.6) is 0 Å². The lowest BCUT2D eigenvalue weighted by molar-refractivity contribution is 0.103. The molecule has 0 bridgehead atoms. The minimum atomic E-state index is -0.929. The van der Waals surface area contributed by atoms with Gasteiger partial charge in [-0.2, -0.15) is 30.6 Å². The quantitative estimate of drug-likeness (QED) is 0.0159. The summed E-state index contributed by atoms with van der Waals surface area (Å²) in [5, 5.41) is 52.8. The maximum absolute atomic E-state index is 14.0. The second-order valence-electron chi connectivity index (χ2n) is 30.2. The molecule has 0 atom stereocenters. The average Bonchev–Trinajstić information content (AvgIpc) is 1.80. The zero-order chi connectivity index (χ0) is 96.4. The first-order valence-corrected chi connectivity index (χ1v) is 43.5. The van der Waals surface area contributed by atoms with Gasteiger partial charge in [0, 0.05) is 71.8 Å². The largest absolute Gasteiger partial charge is 0.392 e. The fraction of sp³-hybridized carbons (Fsp3) is 0.0270. The Morgan fingerprint density at radius 1 is 0.270 bits per heavy atom. The Kier molecular flexibility index (Phi) is 34.8. The third kappa shape index (κ3) is 29.0. The van der Waals surface area contributed by atoms with Crippen LogP contribution in [-0.4, -0.2) is 101 Å². The van der Waals surface area contributed by atoms with E-state index in [2.05, 4.69) is 93.2 Å². The minimum Gasteiger partial charge on any atom is -0.392 e. The predicted molar refractivity (Wildman–Crippen MR) is 533 cm³/mol. The Bertz CT molecular complexity index is 6870. The van der Waals surface area contributed by atoms with Gasteiger partial charge in [-0.15, -0.1) is 0 Å². The lowest BCUT2D eigenvalue weighted by Crippen LogP contribution is -1.92. The number of aromatic nitrogens is 12. The van der Waals surface area contributed by atoms with Gasteiger partial charge in [0.2, 0.25) is 0 Å². The number of hydrogen-bond acceptors (Lipinski definition) is 13. The van der Waals surface area contributed by atoms with E-state index < -0.39 is 17.5 Å². The molecule has 0 saturated carbocycles. The summed E-state index contributed by atoms with van der Waals surface area (Å²) in [6, 6.07) is 98.3. The van der Waals surface area contributed by atoms with Crippen LogP contribution in [0.2, 0.25) is 15.1 Å². The van der Waals surface area contributed by atoms with Crippen LogP contribution >= 0.6 is 34.8 Å². The van der Waals surface area contributed by atoms with Gasteiger partial charge in [-0.05, 0) is 225 Å². The lowest BCUT2D eigenvalue weighted by atomic mass is 10.0. The Hall–Kier alpha value is -17.1. The van der Waals surface area contributed by atoms with Gasteiger partial charge in [0.25, 0.3) is 0 Å². The van der Waals surface area contributed by atoms with Crippen molar-refractivity contribution < 1.29 is 51.4 Å². The highest BCUT2D eigenvalue weighted by molar-refractivity contribution is 6.42. The number of aliphatic hydroxyl groups excluding tert-OH is 1. The SMILES string of the molecule is Cc1ccc(-c2cc(/C=C/C(=O)c3ccccc3)[nH]n2)cc1C.O=C(/C=C/c1cc(-c2ccc(CO)cc2F)n[nH]1)c1ccccc1.O=C(/C=C/c1cc(-c2ccc(Cl)c(Cl)c2)n[nH]1)c1ccccc1.O=C(/C=C/c1cc(-c2ccc(Cl)cc2)n[nH]1)c1ccccc1.O=C(/C=C/c1cc(-c2ccc(F)c(F)c2)n[nH]1)c1ccccc1.O=C(/C=C/c1cc(-c2ccc(F)cc2)n[nH]1)c1ccccc1. The van der Waals surface area contributed by atoms with E-state index in [1.54, 1.807) is 188 Å². The molecule has 0 aliphatic heterocycles. The zero-order valence-corrected chi connectivity index (χ0v) is 75.5. The number of ketones is 6. The van der Waals surface area contributed by atoms with E-state index in [1.807, 2.05) is 140 Å². The summed E-state index contributed by atoms with van der Waals surface area (Å²) < 4.78 is 53.1. The first kappa shape index (κ1) is 97.4. The Morgan fingerprint density at radius 2 is 0.555 bits per heavy atom. The van der Waals surface area contributed by atoms with Crippen molar-refractivity contribution >= 4 is 106 Å². The molecule has 6 heterocycles. The number of allylic oxidation sites excluding steroid dienone is 6. The predicted octanol–water partition coefficient (Wildman–Crippen LogP) is 26.5. The molecular formula is C111H83Cl3F4N12O7. The summed E-state index contributed by atoms with van der Waals surface area (Å²) in [4.78, 5) is 72.0. The Morgan fingerprint density at radius 3 is 0.869 bits per heavy atom. The number of H-pyrrole nitrogens is 6. The Balaban J connectivity index is 0.000000139. The van der Waals surface area contributed by atoms with Crippen LogP contribution in [-0.2, 0) is 6.61 Å². The summed E-state index contributed by atoms with van der Waals surface area (Å²) in [7, 11) is 0. The number of benzene rings is 12. The molecule has 678 valence electrons. The number of aliphatic hydroxyl groups is 1. The number of nitrogens with zero attached hydrogens (tertiary/aromatic N) is 6. The molecule has 0 radical (unpaired) electrons. The summed E-state index contributed by atoms with van der Waals surface area (Å²) in [6.07, 6.45) is 19.0. The smallest absolute Gasteiger partial charge is 0.185 e. The van der Waals surface area contributed by atoms with Gasteiger partial charge in [0.05, 0.1) is 85.0 Å². The van der Waals surface area contributed by atoms with Crippen molar-refractivity contribution in [3.8, 4) is 67.5 Å². The molecule has 12 aromatic carbocycles. The van der Waals surface area contributed by atoms with Gasteiger partial charge < -0.3 is 5.11 Å². The monoisotopic (exact) mass is 1880 g/mol. The third-order valence-electron chi connectivity index (χ3n) is 20.4. The van der Waals surface area contributed by atoms with Crippen LogP contribution in [0.3, 0.4) is 0 Å². The molecule has 0 amide bonds. The van der Waals surface area contributed by atoms with Gasteiger partial charge in [0.15, 0.2) is 46.3 Å². The normalized spacial score (nSPS) is 11.0. The highest BCUT2D eigenvalue weighted by Crippen LogP contribution is 2.31. The van der Waals surface area contributed by atoms with Crippen molar-refractivity contribution in [1.82, 2.24) is 61.2 Å². The van der Waals surface area contributed by atoms with Crippen LogP contribution in [0.1, 0.15) is 113 Å². The molecule has 0 aliphatic rings. The number of rotatable bonds is 25. The molecule has 6 aromatic heterocycles. The van der Waals surface area contributed by atoms with E-state index in [9.17, 15) is 46.3 Å². The third-order valence-corrected chi connectivity index (χ3v) is 21.4. The van der Waals surface area contributed by atoms with Crippen LogP contribution in [0.15, 0.2) is 376 Å². The van der Waals surface area contributed by atoms with Crippen molar-refractivity contribution in [2.45, 2.75) is 20.5 Å².